The Labute approximate surface area is 193 Å². The fraction of sp³-hybridized carbons (Fsp3) is 0.417. The summed E-state index contributed by atoms with van der Waals surface area (Å²) in [5.74, 6) is -1.56. The molecule has 0 aliphatic carbocycles. The predicted octanol–water partition coefficient (Wildman–Crippen LogP) is 2.70. The summed E-state index contributed by atoms with van der Waals surface area (Å²) >= 11 is 0. The van der Waals surface area contributed by atoms with E-state index in [1.165, 1.54) is 6.26 Å². The Kier molecular flexibility index (Phi) is 10.1. The molecule has 2 atom stereocenters. The van der Waals surface area contributed by atoms with Crippen molar-refractivity contribution in [2.75, 3.05) is 0 Å². The van der Waals surface area contributed by atoms with Gasteiger partial charge < -0.3 is 25.1 Å². The zero-order valence-corrected chi connectivity index (χ0v) is 19.1. The number of Topliss-reactive ketones (excluding diaryl/α,β-unsaturated/α-hetero) is 1. The Hall–Kier alpha value is -3.62. The van der Waals surface area contributed by atoms with E-state index in [1.54, 1.807) is 19.1 Å². The number of carbonyl (C=O) groups excluding carboxylic acids is 4. The van der Waals surface area contributed by atoms with Gasteiger partial charge in [-0.1, -0.05) is 51.1 Å². The number of benzene rings is 1. The van der Waals surface area contributed by atoms with Crippen LogP contribution in [0.2, 0.25) is 0 Å². The fourth-order valence-corrected chi connectivity index (χ4v) is 3.06. The summed E-state index contributed by atoms with van der Waals surface area (Å²) in [6, 6.07) is 10.6. The molecule has 9 heteroatoms. The molecule has 2 rings (SSSR count). The second-order valence-electron chi connectivity index (χ2n) is 7.98. The second-order valence-corrected chi connectivity index (χ2v) is 7.98. The van der Waals surface area contributed by atoms with Crippen molar-refractivity contribution in [3.63, 3.8) is 0 Å². The van der Waals surface area contributed by atoms with E-state index >= 15 is 0 Å². The van der Waals surface area contributed by atoms with Crippen LogP contribution in [0.4, 0.5) is 4.79 Å². The van der Waals surface area contributed by atoms with E-state index in [0.29, 0.717) is 12.2 Å². The maximum Gasteiger partial charge on any atom is 0.408 e. The highest BCUT2D eigenvalue weighted by atomic mass is 16.5. The largest absolute Gasteiger partial charge is 0.467 e. The van der Waals surface area contributed by atoms with Crippen LogP contribution in [0.5, 0.6) is 0 Å². The topological polar surface area (TPSA) is 127 Å². The van der Waals surface area contributed by atoms with Crippen LogP contribution in [-0.2, 0) is 32.3 Å². The number of hydrogen-bond donors (Lipinski definition) is 3. The maximum absolute atomic E-state index is 12.8. The van der Waals surface area contributed by atoms with Crippen molar-refractivity contribution >= 4 is 23.7 Å². The van der Waals surface area contributed by atoms with Gasteiger partial charge in [-0.2, -0.15) is 0 Å². The molecule has 0 fully saturated rings. The number of furan rings is 1. The van der Waals surface area contributed by atoms with Gasteiger partial charge >= 0.3 is 6.09 Å². The third-order valence-corrected chi connectivity index (χ3v) is 4.80. The molecule has 0 saturated carbocycles. The number of nitrogens with one attached hydrogen (secondary N) is 3. The normalized spacial score (nSPS) is 12.5. The molecule has 0 bridgehead atoms. The molecular weight excluding hydrogens is 426 g/mol. The van der Waals surface area contributed by atoms with E-state index in [1.807, 2.05) is 44.2 Å². The predicted molar refractivity (Wildman–Crippen MR) is 121 cm³/mol. The first kappa shape index (κ1) is 25.6. The SMILES string of the molecule is CCC(NC(=O)[C@H](CC(C)C)NC(=O)OCc1ccccc1)C(=O)C(=O)NCc1ccco1. The lowest BCUT2D eigenvalue weighted by atomic mass is 10.0. The van der Waals surface area contributed by atoms with E-state index in [-0.39, 0.29) is 25.5 Å². The van der Waals surface area contributed by atoms with Gasteiger partial charge in [-0.05, 0) is 36.5 Å². The number of amides is 3. The lowest BCUT2D eigenvalue weighted by Gasteiger charge is -2.23. The molecule has 9 nitrogen and oxygen atoms in total. The van der Waals surface area contributed by atoms with Crippen molar-refractivity contribution in [1.82, 2.24) is 16.0 Å². The van der Waals surface area contributed by atoms with Crippen molar-refractivity contribution in [1.29, 1.82) is 0 Å². The highest BCUT2D eigenvalue weighted by molar-refractivity contribution is 6.38. The Morgan fingerprint density at radius 3 is 2.30 bits per heavy atom. The van der Waals surface area contributed by atoms with Crippen LogP contribution in [0.25, 0.3) is 0 Å². The molecule has 1 unspecified atom stereocenters. The molecule has 0 aliphatic rings. The van der Waals surface area contributed by atoms with Crippen LogP contribution >= 0.6 is 0 Å². The van der Waals surface area contributed by atoms with Crippen molar-refractivity contribution in [2.24, 2.45) is 5.92 Å². The molecule has 0 saturated heterocycles. The summed E-state index contributed by atoms with van der Waals surface area (Å²) in [5.41, 5.74) is 0.815. The van der Waals surface area contributed by atoms with Gasteiger partial charge in [-0.3, -0.25) is 14.4 Å². The average molecular weight is 458 g/mol. The van der Waals surface area contributed by atoms with E-state index in [0.717, 1.165) is 5.56 Å². The maximum atomic E-state index is 12.8. The number of ether oxygens (including phenoxy) is 1. The summed E-state index contributed by atoms with van der Waals surface area (Å²) in [6.45, 7) is 5.62. The van der Waals surface area contributed by atoms with E-state index in [9.17, 15) is 19.2 Å². The van der Waals surface area contributed by atoms with E-state index < -0.39 is 35.8 Å². The Morgan fingerprint density at radius 2 is 1.70 bits per heavy atom. The number of ketones is 1. The molecule has 3 N–H and O–H groups in total. The molecule has 0 spiro atoms. The first-order valence-electron chi connectivity index (χ1n) is 10.9. The minimum absolute atomic E-state index is 0.0622. The van der Waals surface area contributed by atoms with Crippen molar-refractivity contribution in [3.8, 4) is 0 Å². The minimum Gasteiger partial charge on any atom is -0.467 e. The molecule has 1 aromatic heterocycles. The number of carbonyl (C=O) groups is 4. The van der Waals surface area contributed by atoms with Crippen LogP contribution in [0.3, 0.4) is 0 Å². The second kappa shape index (κ2) is 13.0. The lowest BCUT2D eigenvalue weighted by Crippen LogP contribution is -2.54. The average Bonchev–Trinajstić information content (AvgIpc) is 3.32. The van der Waals surface area contributed by atoms with Crippen LogP contribution in [0.1, 0.15) is 44.9 Å². The molecule has 0 radical (unpaired) electrons. The minimum atomic E-state index is -1.02. The third kappa shape index (κ3) is 8.80. The zero-order valence-electron chi connectivity index (χ0n) is 19.1. The Bertz CT molecular complexity index is 912. The van der Waals surface area contributed by atoms with Gasteiger partial charge in [0.15, 0.2) is 0 Å². The van der Waals surface area contributed by atoms with Gasteiger partial charge in [0.2, 0.25) is 11.7 Å². The van der Waals surface area contributed by atoms with Gasteiger partial charge in [-0.25, -0.2) is 4.79 Å². The highest BCUT2D eigenvalue weighted by Gasteiger charge is 2.29. The fourth-order valence-electron chi connectivity index (χ4n) is 3.06. The molecule has 0 aliphatic heterocycles. The molecule has 3 amide bonds. The van der Waals surface area contributed by atoms with Gasteiger partial charge in [-0.15, -0.1) is 0 Å². The highest BCUT2D eigenvalue weighted by Crippen LogP contribution is 2.08. The van der Waals surface area contributed by atoms with E-state index in [4.69, 9.17) is 9.15 Å². The lowest BCUT2D eigenvalue weighted by molar-refractivity contribution is -0.140. The Balaban J connectivity index is 1.92. The summed E-state index contributed by atoms with van der Waals surface area (Å²) in [4.78, 5) is 49.9. The van der Waals surface area contributed by atoms with Crippen molar-refractivity contribution < 1.29 is 28.3 Å². The van der Waals surface area contributed by atoms with Crippen LogP contribution in [0.15, 0.2) is 53.1 Å². The molecular formula is C24H31N3O6. The summed E-state index contributed by atoms with van der Waals surface area (Å²) in [5, 5.41) is 7.62. The van der Waals surface area contributed by atoms with Gasteiger partial charge in [0, 0.05) is 0 Å². The van der Waals surface area contributed by atoms with Gasteiger partial charge in [0.05, 0.1) is 18.8 Å². The number of rotatable bonds is 12. The molecule has 33 heavy (non-hydrogen) atoms. The first-order valence-corrected chi connectivity index (χ1v) is 10.9. The summed E-state index contributed by atoms with van der Waals surface area (Å²) in [7, 11) is 0. The monoisotopic (exact) mass is 457 g/mol. The van der Waals surface area contributed by atoms with Crippen molar-refractivity contribution in [2.45, 2.75) is 58.8 Å². The molecule has 1 heterocycles. The van der Waals surface area contributed by atoms with Crippen molar-refractivity contribution in [3.05, 3.63) is 60.1 Å². The zero-order chi connectivity index (χ0) is 24.2. The smallest absolute Gasteiger partial charge is 0.408 e. The molecule has 178 valence electrons. The number of alkyl carbamates (subject to hydrolysis) is 1. The van der Waals surface area contributed by atoms with Gasteiger partial charge in [0.1, 0.15) is 18.4 Å². The van der Waals surface area contributed by atoms with Crippen LogP contribution < -0.4 is 16.0 Å². The van der Waals surface area contributed by atoms with E-state index in [2.05, 4.69) is 16.0 Å². The van der Waals surface area contributed by atoms with Crippen LogP contribution in [0, 0.1) is 5.92 Å². The third-order valence-electron chi connectivity index (χ3n) is 4.80. The summed E-state index contributed by atoms with van der Waals surface area (Å²) < 4.78 is 10.3. The Morgan fingerprint density at radius 1 is 0.970 bits per heavy atom. The molecule has 1 aromatic carbocycles. The van der Waals surface area contributed by atoms with Crippen LogP contribution in [-0.4, -0.2) is 35.8 Å². The quantitative estimate of drug-likeness (QED) is 0.421. The standard InChI is InChI=1S/C24H31N3O6/c1-4-19(21(28)23(30)25-14-18-11-8-12-32-18)26-22(29)20(13-16(2)3)27-24(31)33-15-17-9-6-5-7-10-17/h5-12,16,19-20H,4,13-15H2,1-3H3,(H,25,30)(H,26,29)(H,27,31)/t19?,20-/m0/s1. The summed E-state index contributed by atoms with van der Waals surface area (Å²) in [6.07, 6.45) is 1.27. The van der Waals surface area contributed by atoms with Gasteiger partial charge in [0.25, 0.3) is 5.91 Å². The molecule has 2 aromatic rings. The first-order chi connectivity index (χ1) is 15.8. The number of hydrogen-bond acceptors (Lipinski definition) is 6.